The predicted molar refractivity (Wildman–Crippen MR) is 35.3 cm³/mol. The fourth-order valence-electron chi connectivity index (χ4n) is 0.886. The molecule has 0 radical (unpaired) electrons. The Balaban J connectivity index is 2.50. The highest BCUT2D eigenvalue weighted by Gasteiger charge is 2.38. The minimum Gasteiger partial charge on any atom is -0.303 e. The number of ether oxygens (including phenoxy) is 1. The second kappa shape index (κ2) is 3.21. The highest BCUT2D eigenvalue weighted by molar-refractivity contribution is 7.86. The van der Waals surface area contributed by atoms with Crippen molar-refractivity contribution in [3.63, 3.8) is 0 Å². The van der Waals surface area contributed by atoms with E-state index >= 15 is 0 Å². The molecular weight excluding hydrogens is 194 g/mol. The van der Waals surface area contributed by atoms with E-state index in [1.165, 1.54) is 0 Å². The van der Waals surface area contributed by atoms with Crippen LogP contribution < -0.4 is 5.14 Å². The molecule has 72 valence electrons. The molecule has 0 bridgehead atoms. The van der Waals surface area contributed by atoms with Crippen molar-refractivity contribution in [1.29, 1.82) is 0 Å². The molecule has 0 aromatic carbocycles. The molecule has 0 saturated carbocycles. The molecule has 1 aliphatic heterocycles. The van der Waals surface area contributed by atoms with Crippen molar-refractivity contribution in [3.05, 3.63) is 0 Å². The summed E-state index contributed by atoms with van der Waals surface area (Å²) in [5, 5.41) is 4.68. The quantitative estimate of drug-likeness (QED) is 0.668. The van der Waals surface area contributed by atoms with Crippen LogP contribution in [-0.2, 0) is 14.9 Å². The zero-order valence-corrected chi connectivity index (χ0v) is 6.80. The molecular formula is C4H8F2N2O3S. The molecule has 5 nitrogen and oxygen atoms in total. The minimum absolute atomic E-state index is 0.135. The lowest BCUT2D eigenvalue weighted by Gasteiger charge is -2.37. The van der Waals surface area contributed by atoms with E-state index in [0.717, 1.165) is 0 Å². The molecule has 12 heavy (non-hydrogen) atoms. The molecule has 0 aromatic rings. The zero-order valence-electron chi connectivity index (χ0n) is 5.98. The second-order valence-corrected chi connectivity index (χ2v) is 3.79. The zero-order chi connectivity index (χ0) is 9.35. The van der Waals surface area contributed by atoms with Crippen LogP contribution in [0.2, 0.25) is 0 Å². The summed E-state index contributed by atoms with van der Waals surface area (Å²) >= 11 is 0. The fourth-order valence-corrected chi connectivity index (χ4v) is 1.73. The van der Waals surface area contributed by atoms with Crippen LogP contribution in [0.5, 0.6) is 0 Å². The first-order chi connectivity index (χ1) is 5.41. The van der Waals surface area contributed by atoms with Crippen LogP contribution in [-0.4, -0.2) is 32.1 Å². The Labute approximate surface area is 68.3 Å². The summed E-state index contributed by atoms with van der Waals surface area (Å²) in [6.45, 7) is -2.84. The molecule has 1 saturated heterocycles. The Morgan fingerprint density at radius 3 is 2.42 bits per heavy atom. The van der Waals surface area contributed by atoms with E-state index in [1.807, 2.05) is 0 Å². The van der Waals surface area contributed by atoms with E-state index in [-0.39, 0.29) is 13.0 Å². The first kappa shape index (κ1) is 9.78. The number of hydrogen-bond donors (Lipinski definition) is 1. The van der Waals surface area contributed by atoms with Crippen molar-refractivity contribution in [2.75, 3.05) is 6.54 Å². The van der Waals surface area contributed by atoms with Gasteiger partial charge >= 0.3 is 6.61 Å². The third-order valence-corrected chi connectivity index (χ3v) is 2.58. The maximum atomic E-state index is 11.6. The Bertz CT molecular complexity index is 255. The van der Waals surface area contributed by atoms with E-state index in [2.05, 4.69) is 9.88 Å². The average Bonchev–Trinajstić information content (AvgIpc) is 1.75. The first-order valence-corrected chi connectivity index (χ1v) is 4.65. The summed E-state index contributed by atoms with van der Waals surface area (Å²) in [6.07, 6.45) is -0.846. The van der Waals surface area contributed by atoms with Crippen LogP contribution in [0.3, 0.4) is 0 Å². The lowest BCUT2D eigenvalue weighted by molar-refractivity contribution is -0.213. The van der Waals surface area contributed by atoms with Gasteiger partial charge in [0.25, 0.3) is 10.2 Å². The van der Waals surface area contributed by atoms with E-state index in [1.54, 1.807) is 0 Å². The molecule has 1 unspecified atom stereocenters. The molecule has 0 spiro atoms. The standard InChI is InChI=1S/C4H8F2N2O3S/c5-4(6)11-3-1-2-8(3)12(7,9)10/h3-4H,1-2H2,(H2,7,9,10). The summed E-state index contributed by atoms with van der Waals surface area (Å²) in [5.74, 6) is 0. The largest absolute Gasteiger partial charge is 0.346 e. The average molecular weight is 202 g/mol. The molecule has 0 aliphatic carbocycles. The fraction of sp³-hybridized carbons (Fsp3) is 1.00. The molecule has 1 aliphatic rings. The van der Waals surface area contributed by atoms with Gasteiger partial charge in [0.05, 0.1) is 0 Å². The summed E-state index contributed by atoms with van der Waals surface area (Å²) in [6, 6.07) is 0. The van der Waals surface area contributed by atoms with Crippen LogP contribution in [0, 0.1) is 0 Å². The van der Waals surface area contributed by atoms with Gasteiger partial charge in [0.15, 0.2) is 0 Å². The molecule has 0 amide bonds. The molecule has 1 fully saturated rings. The van der Waals surface area contributed by atoms with Gasteiger partial charge in [0.1, 0.15) is 6.23 Å². The molecule has 1 atom stereocenters. The van der Waals surface area contributed by atoms with Gasteiger partial charge < -0.3 is 4.74 Å². The third-order valence-electron chi connectivity index (χ3n) is 1.50. The van der Waals surface area contributed by atoms with Crippen LogP contribution in [0.15, 0.2) is 0 Å². The number of alkyl halides is 2. The summed E-state index contributed by atoms with van der Waals surface area (Å²) in [5.41, 5.74) is 0. The Kier molecular flexibility index (Phi) is 2.61. The third kappa shape index (κ3) is 2.09. The topological polar surface area (TPSA) is 72.6 Å². The van der Waals surface area contributed by atoms with Gasteiger partial charge in [-0.15, -0.1) is 0 Å². The number of rotatable bonds is 3. The smallest absolute Gasteiger partial charge is 0.303 e. The summed E-state index contributed by atoms with van der Waals surface area (Å²) in [7, 11) is -3.89. The van der Waals surface area contributed by atoms with Gasteiger partial charge in [-0.25, -0.2) is 5.14 Å². The van der Waals surface area contributed by atoms with Gasteiger partial charge in [-0.2, -0.15) is 21.5 Å². The summed E-state index contributed by atoms with van der Waals surface area (Å²) < 4.78 is 49.0. The van der Waals surface area contributed by atoms with Crippen LogP contribution >= 0.6 is 0 Å². The highest BCUT2D eigenvalue weighted by Crippen LogP contribution is 2.22. The van der Waals surface area contributed by atoms with Crippen LogP contribution in [0.25, 0.3) is 0 Å². The first-order valence-electron chi connectivity index (χ1n) is 3.14. The Hall–Kier alpha value is -0.310. The Morgan fingerprint density at radius 1 is 1.58 bits per heavy atom. The van der Waals surface area contributed by atoms with Crippen LogP contribution in [0.4, 0.5) is 8.78 Å². The number of hydrogen-bond acceptors (Lipinski definition) is 3. The predicted octanol–water partition coefficient (Wildman–Crippen LogP) is -0.539. The number of nitrogens with two attached hydrogens (primary N) is 1. The number of halogens is 2. The molecule has 8 heteroatoms. The van der Waals surface area contributed by atoms with Crippen LogP contribution in [0.1, 0.15) is 6.42 Å². The van der Waals surface area contributed by atoms with Crippen molar-refractivity contribution in [2.24, 2.45) is 5.14 Å². The minimum atomic E-state index is -3.89. The van der Waals surface area contributed by atoms with Crippen molar-refractivity contribution in [2.45, 2.75) is 19.3 Å². The highest BCUT2D eigenvalue weighted by atomic mass is 32.2. The maximum Gasteiger partial charge on any atom is 0.346 e. The Morgan fingerprint density at radius 2 is 2.17 bits per heavy atom. The SMILES string of the molecule is NS(=O)(=O)N1CCC1OC(F)F. The lowest BCUT2D eigenvalue weighted by Crippen LogP contribution is -2.55. The van der Waals surface area contributed by atoms with Crippen molar-refractivity contribution >= 4 is 10.2 Å². The van der Waals surface area contributed by atoms with Gasteiger partial charge in [0.2, 0.25) is 0 Å². The monoisotopic (exact) mass is 202 g/mol. The summed E-state index contributed by atoms with van der Waals surface area (Å²) in [4.78, 5) is 0. The van der Waals surface area contributed by atoms with Gasteiger partial charge in [-0.3, -0.25) is 0 Å². The van der Waals surface area contributed by atoms with E-state index in [9.17, 15) is 17.2 Å². The number of nitrogens with zero attached hydrogens (tertiary/aromatic N) is 1. The van der Waals surface area contributed by atoms with Crippen molar-refractivity contribution < 1.29 is 21.9 Å². The normalized spacial score (nSPS) is 25.8. The second-order valence-electron chi connectivity index (χ2n) is 2.30. The van der Waals surface area contributed by atoms with Gasteiger partial charge in [-0.05, 0) is 0 Å². The van der Waals surface area contributed by atoms with E-state index in [0.29, 0.717) is 4.31 Å². The molecule has 1 rings (SSSR count). The maximum absolute atomic E-state index is 11.6. The van der Waals surface area contributed by atoms with Gasteiger partial charge in [-0.1, -0.05) is 0 Å². The van der Waals surface area contributed by atoms with Gasteiger partial charge in [0, 0.05) is 13.0 Å². The van der Waals surface area contributed by atoms with E-state index in [4.69, 9.17) is 0 Å². The molecule has 2 N–H and O–H groups in total. The van der Waals surface area contributed by atoms with Crippen molar-refractivity contribution in [3.8, 4) is 0 Å². The van der Waals surface area contributed by atoms with Crippen molar-refractivity contribution in [1.82, 2.24) is 4.31 Å². The molecule has 0 aromatic heterocycles. The lowest BCUT2D eigenvalue weighted by atomic mass is 10.2. The van der Waals surface area contributed by atoms with E-state index < -0.39 is 23.0 Å². The molecule has 1 heterocycles.